The van der Waals surface area contributed by atoms with Gasteiger partial charge >= 0.3 is 18.0 Å². The average molecular weight is 967 g/mol. The second-order valence-corrected chi connectivity index (χ2v) is 21.5. The number of imidazole rings is 1. The molecule has 0 spiro atoms. The minimum Gasteiger partial charge on any atom is -0.480 e. The molecule has 0 radical (unpaired) electrons. The number of ether oxygens (including phenoxy) is 3. The summed E-state index contributed by atoms with van der Waals surface area (Å²) >= 11 is 1.39. The number of fused-ring (bicyclic) bond motifs is 6. The molecule has 4 saturated carbocycles. The van der Waals surface area contributed by atoms with Crippen LogP contribution in [0, 0.1) is 34.5 Å². The van der Waals surface area contributed by atoms with Crippen molar-refractivity contribution in [3.8, 4) is 0 Å². The second-order valence-electron chi connectivity index (χ2n) is 20.4. The molecule has 4 heterocycles. The summed E-state index contributed by atoms with van der Waals surface area (Å²) in [6.07, 6.45) is 14.5. The highest BCUT2D eigenvalue weighted by atomic mass is 32.2. The summed E-state index contributed by atoms with van der Waals surface area (Å²) in [6, 6.07) is -0.956. The standard InChI is InChI=1S/C48H70N8O11S/c1-46-14-11-30(22-29(46)9-10-32-33(46)23-36(57)47(2)31(12-15-48(32,47)64)28-21-37(58)65-24-28)66-45(63)52-19-8-4-6-17-50-16-5-3-7-18-51-41-38-42(54-26-53-41)56(27-55-38)43-40(60)39(59)35(67-43)25-68-20-13-34(49)44(61)62/h16,18,21,26-27,29-36,39-40,43,57,59-60,64H,3-15,17,19-20,22-25,49H2,1-2H3,(H,52,63)(H,61,62)/t29-,30-,31-,32?,33+,34+,35-,36-,39-,40?,43?,46+,47+,48+/m1/s1. The zero-order valence-corrected chi connectivity index (χ0v) is 40.1. The van der Waals surface area contributed by atoms with Gasteiger partial charge in [0.05, 0.1) is 24.1 Å². The Morgan fingerprint density at radius 1 is 1.03 bits per heavy atom. The van der Waals surface area contributed by atoms with Crippen molar-refractivity contribution in [2.75, 3.05) is 31.2 Å². The number of cyclic esters (lactones) is 1. The lowest BCUT2D eigenvalue weighted by atomic mass is 9.42. The van der Waals surface area contributed by atoms with Gasteiger partial charge in [0.2, 0.25) is 0 Å². The molecular formula is C48H70N8O11S. The molecule has 4 aliphatic carbocycles. The number of carboxylic acids is 1. The summed E-state index contributed by atoms with van der Waals surface area (Å²) in [5.74, 6) is 0.327. The lowest BCUT2D eigenvalue weighted by Crippen LogP contribution is -2.67. The number of nitrogens with zero attached hydrogens (tertiary/aromatic N) is 6. The van der Waals surface area contributed by atoms with Crippen molar-refractivity contribution in [1.29, 1.82) is 0 Å². The number of aliphatic hydroxyl groups excluding tert-OH is 3. The summed E-state index contributed by atoms with van der Waals surface area (Å²) in [5.41, 5.74) is 5.52. The number of unbranched alkanes of at least 4 members (excludes halogenated alkanes) is 4. The van der Waals surface area contributed by atoms with Crippen molar-refractivity contribution in [1.82, 2.24) is 24.8 Å². The Bertz CT molecular complexity index is 2210. The van der Waals surface area contributed by atoms with Crippen molar-refractivity contribution < 1.29 is 54.1 Å². The third-order valence-corrected chi connectivity index (χ3v) is 17.8. The van der Waals surface area contributed by atoms with Crippen molar-refractivity contribution in [2.45, 2.75) is 159 Å². The van der Waals surface area contributed by atoms with Crippen molar-refractivity contribution >= 4 is 59.2 Å². The number of nitrogens with one attached hydrogen (secondary N) is 1. The third kappa shape index (κ3) is 10.1. The number of carbonyl (C=O) groups excluding carboxylic acids is 2. The van der Waals surface area contributed by atoms with Gasteiger partial charge in [0.15, 0.2) is 23.2 Å². The first-order chi connectivity index (χ1) is 32.7. The first kappa shape index (κ1) is 50.3. The van der Waals surface area contributed by atoms with E-state index in [2.05, 4.69) is 37.2 Å². The van der Waals surface area contributed by atoms with Crippen LogP contribution in [0.15, 0.2) is 34.3 Å². The van der Waals surface area contributed by atoms with Gasteiger partial charge in [-0.2, -0.15) is 11.8 Å². The predicted octanol–water partition coefficient (Wildman–Crippen LogP) is 4.42. The molecule has 14 atom stereocenters. The number of aromatic nitrogens is 4. The van der Waals surface area contributed by atoms with Gasteiger partial charge in [-0.3, -0.25) is 14.4 Å². The molecule has 5 fully saturated rings. The minimum atomic E-state index is -1.23. The first-order valence-corrected chi connectivity index (χ1v) is 25.8. The summed E-state index contributed by atoms with van der Waals surface area (Å²) in [7, 11) is 0. The van der Waals surface area contributed by atoms with Crippen molar-refractivity contribution in [2.24, 2.45) is 50.2 Å². The van der Waals surface area contributed by atoms with Gasteiger partial charge in [-0.05, 0) is 143 Å². The summed E-state index contributed by atoms with van der Waals surface area (Å²) in [6.45, 7) is 5.87. The van der Waals surface area contributed by atoms with E-state index in [1.165, 1.54) is 24.4 Å². The molecule has 1 amide bonds. The molecule has 0 bridgehead atoms. The van der Waals surface area contributed by atoms with Crippen LogP contribution < -0.4 is 11.1 Å². The second kappa shape index (κ2) is 21.5. The fourth-order valence-electron chi connectivity index (χ4n) is 12.7. The molecular weight excluding hydrogens is 897 g/mol. The van der Waals surface area contributed by atoms with Gasteiger partial charge in [-0.25, -0.2) is 29.5 Å². The molecule has 2 aromatic heterocycles. The Labute approximate surface area is 401 Å². The molecule has 8 N–H and O–H groups in total. The molecule has 6 aliphatic rings. The number of rotatable bonds is 20. The van der Waals surface area contributed by atoms with Crippen molar-refractivity contribution in [3.05, 3.63) is 24.3 Å². The SMILES string of the molecule is C[C@]12CC[C@@H](OC(=O)NCCCCCN=CCCCC=Nc3ncnc4c3ncn4C3O[C@H](CSCC[C@H](N)C(=O)O)[C@@H](O)C3O)C[C@H]1CCC1[C@@H]2C[C@@H](O)[C@]2(C)[C@@H](C3=CC(=O)OC3)CC[C@]12O. The van der Waals surface area contributed by atoms with E-state index >= 15 is 0 Å². The van der Waals surface area contributed by atoms with Gasteiger partial charge in [0.1, 0.15) is 37.3 Å². The molecule has 1 saturated heterocycles. The maximum absolute atomic E-state index is 12.8. The van der Waals surface area contributed by atoms with Crippen molar-refractivity contribution in [3.63, 3.8) is 0 Å². The number of aliphatic imine (C=N–C) groups is 2. The lowest BCUT2D eigenvalue weighted by molar-refractivity contribution is -0.244. The van der Waals surface area contributed by atoms with E-state index in [9.17, 15) is 34.8 Å². The number of amides is 1. The van der Waals surface area contributed by atoms with Crippen LogP contribution in [0.1, 0.15) is 116 Å². The monoisotopic (exact) mass is 966 g/mol. The molecule has 20 heteroatoms. The maximum Gasteiger partial charge on any atom is 0.407 e. The molecule has 2 aromatic rings. The van der Waals surface area contributed by atoms with Gasteiger partial charge in [0, 0.05) is 36.5 Å². The number of esters is 1. The average Bonchev–Trinajstić information content (AvgIpc) is 4.08. The number of nitrogens with two attached hydrogens (primary N) is 1. The van der Waals surface area contributed by atoms with E-state index < -0.39 is 53.7 Å². The van der Waals surface area contributed by atoms with E-state index in [1.807, 2.05) is 13.1 Å². The van der Waals surface area contributed by atoms with Gasteiger partial charge < -0.3 is 50.8 Å². The molecule has 0 aromatic carbocycles. The zero-order valence-electron chi connectivity index (χ0n) is 39.2. The van der Waals surface area contributed by atoms with Crippen LogP contribution in [0.5, 0.6) is 0 Å². The van der Waals surface area contributed by atoms with Gasteiger partial charge in [0.25, 0.3) is 0 Å². The van der Waals surface area contributed by atoms with Crippen LogP contribution in [0.3, 0.4) is 0 Å². The number of alkyl carbamates (subject to hydrolysis) is 1. The molecule has 68 heavy (non-hydrogen) atoms. The van der Waals surface area contributed by atoms with E-state index in [0.29, 0.717) is 66.8 Å². The largest absolute Gasteiger partial charge is 0.480 e. The quantitative estimate of drug-likeness (QED) is 0.0549. The minimum absolute atomic E-state index is 0.0550. The fraction of sp³-hybridized carbons (Fsp3) is 0.750. The van der Waals surface area contributed by atoms with Crippen LogP contribution in [-0.2, 0) is 23.8 Å². The number of carboxylic acid groups (broad SMARTS) is 1. The van der Waals surface area contributed by atoms with Crippen LogP contribution in [0.4, 0.5) is 10.6 Å². The smallest absolute Gasteiger partial charge is 0.407 e. The highest BCUT2D eigenvalue weighted by molar-refractivity contribution is 7.99. The van der Waals surface area contributed by atoms with E-state index in [1.54, 1.807) is 16.9 Å². The number of aliphatic hydroxyl groups is 4. The highest BCUT2D eigenvalue weighted by Crippen LogP contribution is 2.70. The highest BCUT2D eigenvalue weighted by Gasteiger charge is 2.71. The third-order valence-electron chi connectivity index (χ3n) is 16.7. The fourth-order valence-corrected chi connectivity index (χ4v) is 13.8. The maximum atomic E-state index is 12.8. The summed E-state index contributed by atoms with van der Waals surface area (Å²) in [4.78, 5) is 57.8. The van der Waals surface area contributed by atoms with Crippen LogP contribution in [-0.4, -0.2) is 149 Å². The number of carbonyl (C=O) groups is 3. The Hall–Kier alpha value is -4.05. The molecule has 3 unspecified atom stereocenters. The number of hydrogen-bond acceptors (Lipinski definition) is 17. The van der Waals surface area contributed by atoms with Crippen LogP contribution in [0.2, 0.25) is 0 Å². The van der Waals surface area contributed by atoms with Crippen LogP contribution >= 0.6 is 11.8 Å². The van der Waals surface area contributed by atoms with E-state index in [0.717, 1.165) is 76.2 Å². The van der Waals surface area contributed by atoms with E-state index in [4.69, 9.17) is 25.1 Å². The topological polar surface area (TPSA) is 286 Å². The molecule has 2 aliphatic heterocycles. The number of thioether (sulfide) groups is 1. The lowest BCUT2D eigenvalue weighted by Gasteiger charge is -2.65. The Balaban J connectivity index is 0.687. The Kier molecular flexibility index (Phi) is 15.9. The van der Waals surface area contributed by atoms with E-state index in [-0.39, 0.29) is 54.4 Å². The molecule has 8 rings (SSSR count). The predicted molar refractivity (Wildman–Crippen MR) is 253 cm³/mol. The first-order valence-electron chi connectivity index (χ1n) is 24.6. The van der Waals surface area contributed by atoms with Gasteiger partial charge in [-0.1, -0.05) is 13.8 Å². The molecule has 19 nitrogen and oxygen atoms in total. The summed E-state index contributed by atoms with van der Waals surface area (Å²) in [5, 5.41) is 57.7. The summed E-state index contributed by atoms with van der Waals surface area (Å²) < 4.78 is 18.7. The molecule has 374 valence electrons. The number of hydrogen-bond donors (Lipinski definition) is 7. The Morgan fingerprint density at radius 2 is 1.85 bits per heavy atom. The Morgan fingerprint density at radius 3 is 2.65 bits per heavy atom. The zero-order chi connectivity index (χ0) is 48.2. The number of aliphatic carboxylic acids is 1. The van der Waals surface area contributed by atoms with Gasteiger partial charge in [-0.15, -0.1) is 0 Å². The van der Waals surface area contributed by atoms with Crippen LogP contribution in [0.25, 0.3) is 11.2 Å². The normalized spacial score (nSPS) is 36.1.